The average molecular weight is 399 g/mol. The number of nitrogens with one attached hydrogen (secondary N) is 1. The Kier molecular flexibility index (Phi) is 5.77. The third-order valence-electron chi connectivity index (χ3n) is 3.83. The minimum absolute atomic E-state index is 0.0327. The Morgan fingerprint density at radius 2 is 1.83 bits per heavy atom. The van der Waals surface area contributed by atoms with Crippen molar-refractivity contribution in [1.82, 2.24) is 9.78 Å². The molecule has 2 aromatic carbocycles. The number of rotatable bonds is 5. The Morgan fingerprint density at radius 3 is 2.48 bits per heavy atom. The zero-order valence-corrected chi connectivity index (χ0v) is 15.2. The molecule has 3 rings (SSSR count). The van der Waals surface area contributed by atoms with E-state index in [1.807, 2.05) is 0 Å². The summed E-state index contributed by atoms with van der Waals surface area (Å²) in [5, 5.41) is 6.27. The highest BCUT2D eigenvalue weighted by molar-refractivity contribution is 6.07. The van der Waals surface area contributed by atoms with Gasteiger partial charge in [0, 0.05) is 12.1 Å². The Hall–Kier alpha value is -3.88. The number of ether oxygens (including phenoxy) is 1. The van der Waals surface area contributed by atoms with Crippen LogP contribution in [0.2, 0.25) is 0 Å². The molecule has 7 nitrogen and oxygen atoms in total. The van der Waals surface area contributed by atoms with Crippen molar-refractivity contribution in [3.8, 4) is 5.69 Å². The second-order valence-electron chi connectivity index (χ2n) is 5.79. The Balaban J connectivity index is 2.05. The van der Waals surface area contributed by atoms with Crippen LogP contribution in [0.1, 0.15) is 27.8 Å². The first-order valence-electron chi connectivity index (χ1n) is 8.54. The van der Waals surface area contributed by atoms with Crippen LogP contribution < -0.4 is 10.9 Å². The number of nitrogens with zero attached hydrogens (tertiary/aromatic N) is 2. The van der Waals surface area contributed by atoms with Crippen molar-refractivity contribution in [2.45, 2.75) is 6.92 Å². The van der Waals surface area contributed by atoms with Gasteiger partial charge in [-0.3, -0.25) is 9.59 Å². The fraction of sp³-hybridized carbons (Fsp3) is 0.100. The van der Waals surface area contributed by atoms with Crippen LogP contribution in [0, 0.1) is 11.6 Å². The first kappa shape index (κ1) is 19.9. The summed E-state index contributed by atoms with van der Waals surface area (Å²) >= 11 is 0. The summed E-state index contributed by atoms with van der Waals surface area (Å²) < 4.78 is 32.8. The van der Waals surface area contributed by atoms with Crippen molar-refractivity contribution in [2.75, 3.05) is 11.9 Å². The molecular formula is C20H15F2N3O4. The van der Waals surface area contributed by atoms with Gasteiger partial charge in [-0.25, -0.2) is 13.6 Å². The monoisotopic (exact) mass is 399 g/mol. The molecule has 0 saturated heterocycles. The van der Waals surface area contributed by atoms with Crippen LogP contribution in [0.15, 0.2) is 59.4 Å². The Labute approximate surface area is 163 Å². The van der Waals surface area contributed by atoms with Crippen LogP contribution in [-0.2, 0) is 4.74 Å². The first-order chi connectivity index (χ1) is 13.9. The molecule has 9 heteroatoms. The lowest BCUT2D eigenvalue weighted by Crippen LogP contribution is -2.27. The molecule has 0 spiro atoms. The maximum absolute atomic E-state index is 13.9. The molecular weight excluding hydrogens is 384 g/mol. The highest BCUT2D eigenvalue weighted by Gasteiger charge is 2.21. The van der Waals surface area contributed by atoms with Gasteiger partial charge >= 0.3 is 5.97 Å². The van der Waals surface area contributed by atoms with E-state index in [9.17, 15) is 23.2 Å². The van der Waals surface area contributed by atoms with Gasteiger partial charge < -0.3 is 10.1 Å². The molecule has 0 radical (unpaired) electrons. The van der Waals surface area contributed by atoms with Gasteiger partial charge in [-0.15, -0.1) is 0 Å². The number of hydrogen-bond acceptors (Lipinski definition) is 5. The molecule has 0 aliphatic heterocycles. The maximum atomic E-state index is 13.9. The second-order valence-corrected chi connectivity index (χ2v) is 5.79. The molecule has 29 heavy (non-hydrogen) atoms. The predicted molar refractivity (Wildman–Crippen MR) is 100 cm³/mol. The molecule has 0 saturated carbocycles. The summed E-state index contributed by atoms with van der Waals surface area (Å²) in [6, 6.07) is 11.7. The number of carbonyl (C=O) groups is 2. The highest BCUT2D eigenvalue weighted by atomic mass is 19.1. The van der Waals surface area contributed by atoms with Gasteiger partial charge in [0.05, 0.1) is 23.5 Å². The molecule has 0 aliphatic rings. The first-order valence-corrected chi connectivity index (χ1v) is 8.54. The number of amides is 1. The van der Waals surface area contributed by atoms with Crippen molar-refractivity contribution >= 4 is 17.6 Å². The lowest BCUT2D eigenvalue weighted by Gasteiger charge is -2.12. The topological polar surface area (TPSA) is 90.3 Å². The van der Waals surface area contributed by atoms with Crippen molar-refractivity contribution in [3.63, 3.8) is 0 Å². The van der Waals surface area contributed by atoms with E-state index >= 15 is 0 Å². The fourth-order valence-electron chi connectivity index (χ4n) is 2.52. The molecule has 148 valence electrons. The molecule has 1 heterocycles. The predicted octanol–water partition coefficient (Wildman–Crippen LogP) is 2.94. The maximum Gasteiger partial charge on any atom is 0.360 e. The number of benzene rings is 2. The van der Waals surface area contributed by atoms with E-state index < -0.39 is 34.6 Å². The molecule has 1 N–H and O–H groups in total. The van der Waals surface area contributed by atoms with Crippen LogP contribution in [-0.4, -0.2) is 28.3 Å². The molecule has 3 aromatic rings. The van der Waals surface area contributed by atoms with Gasteiger partial charge in [0.25, 0.3) is 11.5 Å². The number of carbonyl (C=O) groups excluding carboxylic acids is 2. The smallest absolute Gasteiger partial charge is 0.360 e. The summed E-state index contributed by atoms with van der Waals surface area (Å²) in [7, 11) is 0. The van der Waals surface area contributed by atoms with Gasteiger partial charge in [0.2, 0.25) is 0 Å². The Bertz CT molecular complexity index is 1130. The Morgan fingerprint density at radius 1 is 1.10 bits per heavy atom. The number of anilines is 1. The SMILES string of the molecule is CCOC(=O)c1nn(-c2ccccc2)c(=O)cc1NC(=O)c1ccc(F)cc1F. The molecule has 0 aliphatic carbocycles. The molecule has 1 aromatic heterocycles. The third-order valence-corrected chi connectivity index (χ3v) is 3.83. The summed E-state index contributed by atoms with van der Waals surface area (Å²) in [6.45, 7) is 1.61. The third kappa shape index (κ3) is 4.34. The minimum atomic E-state index is -1.09. The van der Waals surface area contributed by atoms with Crippen molar-refractivity contribution in [2.24, 2.45) is 0 Å². The van der Waals surface area contributed by atoms with Crippen molar-refractivity contribution in [3.05, 3.63) is 87.8 Å². The number of para-hydroxylation sites is 1. The van der Waals surface area contributed by atoms with Crippen molar-refractivity contribution < 1.29 is 23.1 Å². The zero-order chi connectivity index (χ0) is 21.0. The van der Waals surface area contributed by atoms with E-state index in [0.717, 1.165) is 22.9 Å². The number of esters is 1. The van der Waals surface area contributed by atoms with Crippen LogP contribution in [0.5, 0.6) is 0 Å². The van der Waals surface area contributed by atoms with Gasteiger partial charge in [-0.2, -0.15) is 9.78 Å². The fourth-order valence-corrected chi connectivity index (χ4v) is 2.52. The molecule has 1 amide bonds. The summed E-state index contributed by atoms with van der Waals surface area (Å²) in [6.07, 6.45) is 0. The number of halogens is 2. The summed E-state index contributed by atoms with van der Waals surface area (Å²) in [4.78, 5) is 37.2. The zero-order valence-electron chi connectivity index (χ0n) is 15.2. The van der Waals surface area contributed by atoms with Crippen molar-refractivity contribution in [1.29, 1.82) is 0 Å². The number of aromatic nitrogens is 2. The summed E-state index contributed by atoms with van der Waals surface area (Å²) in [5.41, 5.74) is -1.31. The van der Waals surface area contributed by atoms with Gasteiger partial charge in [0.1, 0.15) is 11.6 Å². The van der Waals surface area contributed by atoms with E-state index in [2.05, 4.69) is 10.4 Å². The van der Waals surface area contributed by atoms with Gasteiger partial charge in [-0.1, -0.05) is 18.2 Å². The normalized spacial score (nSPS) is 10.4. The van der Waals surface area contributed by atoms with Crippen LogP contribution >= 0.6 is 0 Å². The average Bonchev–Trinajstić information content (AvgIpc) is 2.68. The minimum Gasteiger partial charge on any atom is -0.461 e. The highest BCUT2D eigenvalue weighted by Crippen LogP contribution is 2.17. The lowest BCUT2D eigenvalue weighted by atomic mass is 10.2. The second kappa shape index (κ2) is 8.42. The van der Waals surface area contributed by atoms with Gasteiger partial charge in [-0.05, 0) is 31.2 Å². The largest absolute Gasteiger partial charge is 0.461 e. The quantitative estimate of drug-likeness (QED) is 0.667. The molecule has 0 fully saturated rings. The van der Waals surface area contributed by atoms with Crippen LogP contribution in [0.4, 0.5) is 14.5 Å². The van der Waals surface area contributed by atoms with E-state index in [4.69, 9.17) is 4.74 Å². The lowest BCUT2D eigenvalue weighted by molar-refractivity contribution is 0.0518. The number of hydrogen-bond donors (Lipinski definition) is 1. The van der Waals surface area contributed by atoms with Crippen LogP contribution in [0.25, 0.3) is 5.69 Å². The standard InChI is InChI=1S/C20H15F2N3O4/c1-2-29-20(28)18-16(23-19(27)14-9-8-12(21)10-15(14)22)11-17(26)25(24-18)13-6-4-3-5-7-13/h3-11H,2H2,1H3,(H,23,27). The van der Waals surface area contributed by atoms with Gasteiger partial charge in [0.15, 0.2) is 5.69 Å². The van der Waals surface area contributed by atoms with E-state index in [-0.39, 0.29) is 18.0 Å². The van der Waals surface area contributed by atoms with E-state index in [0.29, 0.717) is 11.8 Å². The molecule has 0 bridgehead atoms. The van der Waals surface area contributed by atoms with E-state index in [1.54, 1.807) is 37.3 Å². The summed E-state index contributed by atoms with van der Waals surface area (Å²) in [5.74, 6) is -3.80. The molecule has 0 unspecified atom stereocenters. The molecule has 0 atom stereocenters. The van der Waals surface area contributed by atoms with E-state index in [1.165, 1.54) is 0 Å². The van der Waals surface area contributed by atoms with Crippen LogP contribution in [0.3, 0.4) is 0 Å².